The number of piperidine rings is 1. The molecule has 29 heavy (non-hydrogen) atoms. The Morgan fingerprint density at radius 3 is 2.69 bits per heavy atom. The van der Waals surface area contributed by atoms with Crippen molar-refractivity contribution in [2.75, 3.05) is 32.7 Å². The molecule has 2 aliphatic rings. The van der Waals surface area contributed by atoms with Crippen molar-refractivity contribution in [2.45, 2.75) is 38.1 Å². The van der Waals surface area contributed by atoms with Crippen LogP contribution in [0.25, 0.3) is 0 Å². The third-order valence-corrected chi connectivity index (χ3v) is 5.12. The van der Waals surface area contributed by atoms with E-state index < -0.39 is 17.8 Å². The summed E-state index contributed by atoms with van der Waals surface area (Å²) < 4.78 is 44.8. The van der Waals surface area contributed by atoms with E-state index in [4.69, 9.17) is 4.74 Å². The number of alkyl halides is 3. The van der Waals surface area contributed by atoms with Gasteiger partial charge in [0.1, 0.15) is 5.75 Å². The molecule has 2 saturated heterocycles. The van der Waals surface area contributed by atoms with Gasteiger partial charge in [-0.2, -0.15) is 13.2 Å². The van der Waals surface area contributed by atoms with Crippen LogP contribution in [0.4, 0.5) is 13.2 Å². The van der Waals surface area contributed by atoms with Crippen LogP contribution in [-0.2, 0) is 15.8 Å². The molecule has 162 valence electrons. The zero-order valence-corrected chi connectivity index (χ0v) is 16.9. The lowest BCUT2D eigenvalue weighted by Gasteiger charge is -2.41. The van der Waals surface area contributed by atoms with E-state index in [0.717, 1.165) is 18.9 Å². The largest absolute Gasteiger partial charge is 0.480 e. The number of benzene rings is 1. The zero-order chi connectivity index (χ0) is 20.3. The number of carbonyl (C=O) groups excluding carboxylic acids is 2. The monoisotopic (exact) mass is 435 g/mol. The number of likely N-dealkylation sites (tertiary alicyclic amines) is 1. The highest BCUT2D eigenvalue weighted by atomic mass is 35.5. The standard InChI is InChI=1S/C19H24F3N3O3.ClH/c1-13(28-16-7-3-2-6-15(16)19(20,21)22)18(27)24-9-4-5-14(12-24)25-10-8-23-11-17(25)26;/h2-3,6-7,13-14,23H,4-5,8-12H2,1H3;1H. The molecule has 2 fully saturated rings. The van der Waals surface area contributed by atoms with E-state index in [1.54, 1.807) is 9.80 Å². The van der Waals surface area contributed by atoms with E-state index in [1.165, 1.54) is 25.1 Å². The Labute approximate surface area is 173 Å². The first-order valence-electron chi connectivity index (χ1n) is 9.39. The van der Waals surface area contributed by atoms with Gasteiger partial charge in [0.2, 0.25) is 5.91 Å². The van der Waals surface area contributed by atoms with Crippen LogP contribution >= 0.6 is 12.4 Å². The van der Waals surface area contributed by atoms with Crippen LogP contribution < -0.4 is 10.1 Å². The highest BCUT2D eigenvalue weighted by Crippen LogP contribution is 2.36. The summed E-state index contributed by atoms with van der Waals surface area (Å²) in [5.74, 6) is -0.722. The minimum Gasteiger partial charge on any atom is -0.480 e. The van der Waals surface area contributed by atoms with Crippen molar-refractivity contribution < 1.29 is 27.5 Å². The number of hydrogen-bond acceptors (Lipinski definition) is 4. The van der Waals surface area contributed by atoms with Gasteiger partial charge in [-0.25, -0.2) is 0 Å². The summed E-state index contributed by atoms with van der Waals surface area (Å²) in [6, 6.07) is 4.79. The number of piperazine rings is 1. The van der Waals surface area contributed by atoms with Gasteiger partial charge < -0.3 is 19.9 Å². The number of nitrogens with zero attached hydrogens (tertiary/aromatic N) is 2. The van der Waals surface area contributed by atoms with Crippen LogP contribution in [0.5, 0.6) is 5.75 Å². The SMILES string of the molecule is CC(Oc1ccccc1C(F)(F)F)C(=O)N1CCCC(N2CCNCC2=O)C1.Cl. The van der Waals surface area contributed by atoms with Crippen molar-refractivity contribution in [3.8, 4) is 5.75 Å². The first-order chi connectivity index (χ1) is 13.3. The molecular weight excluding hydrogens is 411 g/mol. The summed E-state index contributed by atoms with van der Waals surface area (Å²) in [5, 5.41) is 3.02. The molecule has 1 aromatic rings. The number of ether oxygens (including phenoxy) is 1. The van der Waals surface area contributed by atoms with Gasteiger partial charge in [-0.1, -0.05) is 12.1 Å². The van der Waals surface area contributed by atoms with Gasteiger partial charge in [0.05, 0.1) is 12.1 Å². The number of nitrogens with one attached hydrogen (secondary N) is 1. The van der Waals surface area contributed by atoms with Crippen molar-refractivity contribution in [3.63, 3.8) is 0 Å². The number of halogens is 4. The lowest BCUT2D eigenvalue weighted by molar-refractivity contribution is -0.146. The average molecular weight is 436 g/mol. The van der Waals surface area contributed by atoms with Crippen LogP contribution in [0.2, 0.25) is 0 Å². The molecule has 0 bridgehead atoms. The third kappa shape index (κ3) is 5.54. The Bertz CT molecular complexity index is 732. The maximum atomic E-state index is 13.1. The Kier molecular flexibility index (Phi) is 7.76. The predicted octanol–water partition coefficient (Wildman–Crippen LogP) is 2.32. The summed E-state index contributed by atoms with van der Waals surface area (Å²) in [4.78, 5) is 28.3. The fourth-order valence-corrected chi connectivity index (χ4v) is 3.72. The molecule has 0 aliphatic carbocycles. The first kappa shape index (κ1) is 23.3. The maximum Gasteiger partial charge on any atom is 0.419 e. The molecule has 3 rings (SSSR count). The molecule has 2 amide bonds. The van der Waals surface area contributed by atoms with Gasteiger partial charge in [-0.15, -0.1) is 12.4 Å². The van der Waals surface area contributed by atoms with E-state index in [1.807, 2.05) is 0 Å². The molecule has 2 heterocycles. The topological polar surface area (TPSA) is 61.9 Å². The molecule has 0 spiro atoms. The van der Waals surface area contributed by atoms with Crippen molar-refractivity contribution in [2.24, 2.45) is 0 Å². The van der Waals surface area contributed by atoms with Crippen LogP contribution in [0.3, 0.4) is 0 Å². The molecule has 10 heteroatoms. The van der Waals surface area contributed by atoms with E-state index in [2.05, 4.69) is 5.32 Å². The molecule has 0 saturated carbocycles. The van der Waals surface area contributed by atoms with Crippen molar-refractivity contribution in [1.82, 2.24) is 15.1 Å². The fraction of sp³-hybridized carbons (Fsp3) is 0.579. The number of amides is 2. The van der Waals surface area contributed by atoms with Gasteiger partial charge in [0.15, 0.2) is 6.10 Å². The Morgan fingerprint density at radius 1 is 1.28 bits per heavy atom. The fourth-order valence-electron chi connectivity index (χ4n) is 3.72. The second-order valence-electron chi connectivity index (χ2n) is 7.10. The van der Waals surface area contributed by atoms with Crippen LogP contribution in [0.15, 0.2) is 24.3 Å². The zero-order valence-electron chi connectivity index (χ0n) is 16.1. The van der Waals surface area contributed by atoms with Gasteiger partial charge in [-0.05, 0) is 31.9 Å². The summed E-state index contributed by atoms with van der Waals surface area (Å²) >= 11 is 0. The summed E-state index contributed by atoms with van der Waals surface area (Å²) in [6.45, 7) is 3.93. The van der Waals surface area contributed by atoms with Crippen molar-refractivity contribution >= 4 is 24.2 Å². The molecule has 2 atom stereocenters. The Balaban J connectivity index is 0.00000300. The van der Waals surface area contributed by atoms with Gasteiger partial charge in [0, 0.05) is 32.2 Å². The number of para-hydroxylation sites is 1. The molecular formula is C19H25ClF3N3O3. The highest BCUT2D eigenvalue weighted by Gasteiger charge is 2.36. The number of rotatable bonds is 4. The molecule has 1 N–H and O–H groups in total. The minimum atomic E-state index is -4.56. The summed E-state index contributed by atoms with van der Waals surface area (Å²) in [6.07, 6.45) is -4.07. The summed E-state index contributed by atoms with van der Waals surface area (Å²) in [7, 11) is 0. The van der Waals surface area contributed by atoms with Gasteiger partial charge in [-0.3, -0.25) is 9.59 Å². The minimum absolute atomic E-state index is 0. The van der Waals surface area contributed by atoms with Gasteiger partial charge >= 0.3 is 6.18 Å². The number of hydrogen-bond donors (Lipinski definition) is 1. The predicted molar refractivity (Wildman–Crippen MR) is 103 cm³/mol. The Morgan fingerprint density at radius 2 is 2.00 bits per heavy atom. The molecule has 0 radical (unpaired) electrons. The third-order valence-electron chi connectivity index (χ3n) is 5.12. The molecule has 1 aromatic carbocycles. The average Bonchev–Trinajstić information content (AvgIpc) is 2.67. The van der Waals surface area contributed by atoms with E-state index in [-0.39, 0.29) is 42.6 Å². The Hall–Kier alpha value is -2.00. The van der Waals surface area contributed by atoms with E-state index >= 15 is 0 Å². The second-order valence-corrected chi connectivity index (χ2v) is 7.10. The highest BCUT2D eigenvalue weighted by molar-refractivity contribution is 5.85. The molecule has 2 unspecified atom stereocenters. The van der Waals surface area contributed by atoms with E-state index in [0.29, 0.717) is 26.2 Å². The van der Waals surface area contributed by atoms with Crippen molar-refractivity contribution in [3.05, 3.63) is 29.8 Å². The maximum absolute atomic E-state index is 13.1. The second kappa shape index (κ2) is 9.67. The summed E-state index contributed by atoms with van der Waals surface area (Å²) in [5.41, 5.74) is -0.905. The van der Waals surface area contributed by atoms with Gasteiger partial charge in [0.25, 0.3) is 5.91 Å². The normalized spacial score (nSPS) is 21.4. The molecule has 6 nitrogen and oxygen atoms in total. The van der Waals surface area contributed by atoms with Crippen LogP contribution in [-0.4, -0.2) is 66.5 Å². The lowest BCUT2D eigenvalue weighted by Crippen LogP contribution is -2.58. The lowest BCUT2D eigenvalue weighted by atomic mass is 10.0. The van der Waals surface area contributed by atoms with E-state index in [9.17, 15) is 22.8 Å². The van der Waals surface area contributed by atoms with Crippen molar-refractivity contribution in [1.29, 1.82) is 0 Å². The molecule has 0 aromatic heterocycles. The first-order valence-corrected chi connectivity index (χ1v) is 9.39. The number of carbonyl (C=O) groups is 2. The van der Waals surface area contributed by atoms with Crippen LogP contribution in [0, 0.1) is 0 Å². The smallest absolute Gasteiger partial charge is 0.419 e. The van der Waals surface area contributed by atoms with Crippen LogP contribution in [0.1, 0.15) is 25.3 Å². The molecule has 2 aliphatic heterocycles. The quantitative estimate of drug-likeness (QED) is 0.788.